The molecular formula is C18H26N2. The van der Waals surface area contributed by atoms with Crippen LogP contribution in [0.25, 0.3) is 0 Å². The predicted octanol–water partition coefficient (Wildman–Crippen LogP) is 3.57. The summed E-state index contributed by atoms with van der Waals surface area (Å²) in [5.41, 5.74) is 3.66. The van der Waals surface area contributed by atoms with Gasteiger partial charge in [0.2, 0.25) is 0 Å². The quantitative estimate of drug-likeness (QED) is 0.850. The number of nitrogens with one attached hydrogen (secondary N) is 1. The SMILES string of the molecule is c1ccc(N2CCCC2)c(CNCC2(C3CC3)CC2)c1. The number of anilines is 1. The van der Waals surface area contributed by atoms with Crippen molar-refractivity contribution in [2.24, 2.45) is 11.3 Å². The van der Waals surface area contributed by atoms with Crippen molar-refractivity contribution in [2.75, 3.05) is 24.5 Å². The highest BCUT2D eigenvalue weighted by atomic mass is 15.1. The molecule has 0 radical (unpaired) electrons. The van der Waals surface area contributed by atoms with Crippen LogP contribution in [0.5, 0.6) is 0 Å². The van der Waals surface area contributed by atoms with Crippen molar-refractivity contribution in [2.45, 2.75) is 45.1 Å². The zero-order valence-electron chi connectivity index (χ0n) is 12.4. The fourth-order valence-electron chi connectivity index (χ4n) is 3.96. The number of hydrogen-bond donors (Lipinski definition) is 1. The van der Waals surface area contributed by atoms with Crippen molar-refractivity contribution in [3.05, 3.63) is 29.8 Å². The Hall–Kier alpha value is -1.02. The van der Waals surface area contributed by atoms with E-state index < -0.39 is 0 Å². The molecule has 1 heterocycles. The van der Waals surface area contributed by atoms with Crippen LogP contribution >= 0.6 is 0 Å². The van der Waals surface area contributed by atoms with Crippen LogP contribution in [-0.2, 0) is 6.54 Å². The Labute approximate surface area is 122 Å². The molecule has 0 unspecified atom stereocenters. The van der Waals surface area contributed by atoms with Crippen LogP contribution in [0.3, 0.4) is 0 Å². The minimum atomic E-state index is 0.711. The van der Waals surface area contributed by atoms with Crippen molar-refractivity contribution >= 4 is 5.69 Å². The van der Waals surface area contributed by atoms with Gasteiger partial charge in [-0.1, -0.05) is 18.2 Å². The highest BCUT2D eigenvalue weighted by molar-refractivity contribution is 5.54. The average Bonchev–Trinajstić information content (AvgIpc) is 3.39. The van der Waals surface area contributed by atoms with Gasteiger partial charge >= 0.3 is 0 Å². The standard InChI is InChI=1S/C18H26N2/c1-2-6-17(20-11-3-4-12-20)15(5-1)13-19-14-18(9-10-18)16-7-8-16/h1-2,5-6,16,19H,3-4,7-14H2. The molecule has 1 saturated heterocycles. The molecule has 0 spiro atoms. The van der Waals surface area contributed by atoms with Gasteiger partial charge in [-0.05, 0) is 61.5 Å². The van der Waals surface area contributed by atoms with Crippen molar-refractivity contribution < 1.29 is 0 Å². The second kappa shape index (κ2) is 5.07. The molecule has 2 aliphatic carbocycles. The van der Waals surface area contributed by atoms with Gasteiger partial charge < -0.3 is 10.2 Å². The summed E-state index contributed by atoms with van der Waals surface area (Å²) in [4.78, 5) is 2.56. The summed E-state index contributed by atoms with van der Waals surface area (Å²) in [5, 5.41) is 3.76. The van der Waals surface area contributed by atoms with E-state index in [1.54, 1.807) is 0 Å². The lowest BCUT2D eigenvalue weighted by Gasteiger charge is -2.22. The third-order valence-electron chi connectivity index (χ3n) is 5.57. The molecule has 3 fully saturated rings. The summed E-state index contributed by atoms with van der Waals surface area (Å²) in [6.45, 7) is 4.76. The van der Waals surface area contributed by atoms with Crippen LogP contribution < -0.4 is 10.2 Å². The highest BCUT2D eigenvalue weighted by Crippen LogP contribution is 2.60. The van der Waals surface area contributed by atoms with Gasteiger partial charge in [-0.2, -0.15) is 0 Å². The van der Waals surface area contributed by atoms with E-state index in [0.29, 0.717) is 5.41 Å². The van der Waals surface area contributed by atoms with E-state index in [2.05, 4.69) is 34.5 Å². The molecule has 1 aromatic rings. The van der Waals surface area contributed by atoms with Crippen LogP contribution in [0.4, 0.5) is 5.69 Å². The molecule has 1 N–H and O–H groups in total. The number of rotatable bonds is 6. The van der Waals surface area contributed by atoms with Crippen molar-refractivity contribution in [3.63, 3.8) is 0 Å². The van der Waals surface area contributed by atoms with E-state index in [-0.39, 0.29) is 0 Å². The van der Waals surface area contributed by atoms with Crippen molar-refractivity contribution in [3.8, 4) is 0 Å². The Kier molecular flexibility index (Phi) is 3.22. The van der Waals surface area contributed by atoms with Gasteiger partial charge in [0.1, 0.15) is 0 Å². The maximum atomic E-state index is 3.76. The van der Waals surface area contributed by atoms with Crippen LogP contribution in [0.1, 0.15) is 44.1 Å². The van der Waals surface area contributed by atoms with Gasteiger partial charge in [-0.15, -0.1) is 0 Å². The summed E-state index contributed by atoms with van der Waals surface area (Å²) in [6, 6.07) is 8.97. The maximum absolute atomic E-state index is 3.76. The van der Waals surface area contributed by atoms with E-state index >= 15 is 0 Å². The van der Waals surface area contributed by atoms with Gasteiger partial charge in [0.05, 0.1) is 0 Å². The lowest BCUT2D eigenvalue weighted by atomic mass is 10.0. The molecule has 2 heteroatoms. The zero-order chi connectivity index (χ0) is 13.4. The predicted molar refractivity (Wildman–Crippen MR) is 84.0 cm³/mol. The monoisotopic (exact) mass is 270 g/mol. The van der Waals surface area contributed by atoms with Crippen LogP contribution in [0, 0.1) is 11.3 Å². The van der Waals surface area contributed by atoms with Gasteiger partial charge in [0.25, 0.3) is 0 Å². The van der Waals surface area contributed by atoms with E-state index in [0.717, 1.165) is 12.5 Å². The molecule has 4 rings (SSSR count). The number of nitrogens with zero attached hydrogens (tertiary/aromatic N) is 1. The molecule has 2 nitrogen and oxygen atoms in total. The smallest absolute Gasteiger partial charge is 0.0411 e. The summed E-state index contributed by atoms with van der Waals surface area (Å²) < 4.78 is 0. The minimum absolute atomic E-state index is 0.711. The molecule has 1 aromatic carbocycles. The Morgan fingerprint density at radius 2 is 1.85 bits per heavy atom. The number of para-hydroxylation sites is 1. The Morgan fingerprint density at radius 1 is 1.10 bits per heavy atom. The van der Waals surface area contributed by atoms with E-state index in [9.17, 15) is 0 Å². The third kappa shape index (κ3) is 2.46. The molecule has 0 atom stereocenters. The second-order valence-electron chi connectivity index (χ2n) is 7.06. The fraction of sp³-hybridized carbons (Fsp3) is 0.667. The molecule has 108 valence electrons. The lowest BCUT2D eigenvalue weighted by Crippen LogP contribution is -2.26. The van der Waals surface area contributed by atoms with Crippen molar-refractivity contribution in [1.29, 1.82) is 0 Å². The van der Waals surface area contributed by atoms with E-state index in [4.69, 9.17) is 0 Å². The molecule has 0 amide bonds. The molecule has 3 aliphatic rings. The molecule has 0 aromatic heterocycles. The largest absolute Gasteiger partial charge is 0.371 e. The minimum Gasteiger partial charge on any atom is -0.371 e. The first-order valence-electron chi connectivity index (χ1n) is 8.41. The Bertz CT molecular complexity index is 468. The summed E-state index contributed by atoms with van der Waals surface area (Å²) in [7, 11) is 0. The van der Waals surface area contributed by atoms with Gasteiger partial charge in [0.15, 0.2) is 0 Å². The van der Waals surface area contributed by atoms with Gasteiger partial charge in [-0.25, -0.2) is 0 Å². The maximum Gasteiger partial charge on any atom is 0.0411 e. The number of hydrogen-bond acceptors (Lipinski definition) is 2. The fourth-order valence-corrected chi connectivity index (χ4v) is 3.96. The zero-order valence-corrected chi connectivity index (χ0v) is 12.4. The molecule has 0 bridgehead atoms. The first-order valence-corrected chi connectivity index (χ1v) is 8.41. The van der Waals surface area contributed by atoms with Gasteiger partial charge in [-0.3, -0.25) is 0 Å². The Balaban J connectivity index is 1.38. The lowest BCUT2D eigenvalue weighted by molar-refractivity contribution is 0.403. The Morgan fingerprint density at radius 3 is 2.55 bits per heavy atom. The normalized spacial score (nSPS) is 24.1. The highest BCUT2D eigenvalue weighted by Gasteiger charge is 2.53. The molecule has 2 saturated carbocycles. The van der Waals surface area contributed by atoms with Crippen LogP contribution in [-0.4, -0.2) is 19.6 Å². The van der Waals surface area contributed by atoms with E-state index in [1.165, 1.54) is 69.4 Å². The third-order valence-corrected chi connectivity index (χ3v) is 5.57. The molecule has 20 heavy (non-hydrogen) atoms. The average molecular weight is 270 g/mol. The molecular weight excluding hydrogens is 244 g/mol. The van der Waals surface area contributed by atoms with Crippen molar-refractivity contribution in [1.82, 2.24) is 5.32 Å². The van der Waals surface area contributed by atoms with E-state index in [1.807, 2.05) is 0 Å². The van der Waals surface area contributed by atoms with Crippen LogP contribution in [0.15, 0.2) is 24.3 Å². The van der Waals surface area contributed by atoms with Gasteiger partial charge in [0, 0.05) is 31.9 Å². The topological polar surface area (TPSA) is 15.3 Å². The first kappa shape index (κ1) is 12.7. The summed E-state index contributed by atoms with van der Waals surface area (Å²) in [5.74, 6) is 1.06. The second-order valence-corrected chi connectivity index (χ2v) is 7.06. The number of benzene rings is 1. The van der Waals surface area contributed by atoms with Crippen LogP contribution in [0.2, 0.25) is 0 Å². The first-order chi connectivity index (χ1) is 9.87. The summed E-state index contributed by atoms with van der Waals surface area (Å²) >= 11 is 0. The molecule has 1 aliphatic heterocycles. The summed E-state index contributed by atoms with van der Waals surface area (Å²) in [6.07, 6.45) is 8.63.